The van der Waals surface area contributed by atoms with Gasteiger partial charge in [0.15, 0.2) is 0 Å². The lowest BCUT2D eigenvalue weighted by Crippen LogP contribution is -2.35. The van der Waals surface area contributed by atoms with Crippen LogP contribution in [0.4, 0.5) is 0 Å². The molecule has 0 unspecified atom stereocenters. The first-order valence-electron chi connectivity index (χ1n) is 9.40. The molecule has 2 aromatic heterocycles. The number of nitrogens with zero attached hydrogens (tertiary/aromatic N) is 2. The molecule has 1 aromatic carbocycles. The molecular weight excluding hydrogens is 422 g/mol. The van der Waals surface area contributed by atoms with E-state index in [1.165, 1.54) is 28.4 Å². The number of hydrogen-bond donors (Lipinski definition) is 1. The summed E-state index contributed by atoms with van der Waals surface area (Å²) in [7, 11) is -2.17. The van der Waals surface area contributed by atoms with Crippen LogP contribution in [0, 0.1) is 0 Å². The summed E-state index contributed by atoms with van der Waals surface area (Å²) < 4.78 is 32.9. The lowest BCUT2D eigenvalue weighted by molar-refractivity contribution is 0.0950. The van der Waals surface area contributed by atoms with Crippen LogP contribution in [0.1, 0.15) is 26.4 Å². The number of rotatable bonds is 6. The van der Waals surface area contributed by atoms with E-state index in [0.717, 1.165) is 11.1 Å². The number of thiophene rings is 1. The van der Waals surface area contributed by atoms with Crippen molar-refractivity contribution in [3.05, 3.63) is 75.6 Å². The largest absolute Gasteiger partial charge is 0.481 e. The molecule has 0 bridgehead atoms. The molecule has 156 valence electrons. The first-order valence-corrected chi connectivity index (χ1v) is 11.7. The molecule has 30 heavy (non-hydrogen) atoms. The lowest BCUT2D eigenvalue weighted by atomic mass is 10.1. The first-order chi connectivity index (χ1) is 14.5. The molecule has 9 heteroatoms. The summed E-state index contributed by atoms with van der Waals surface area (Å²) in [6.07, 6.45) is 2.32. The van der Waals surface area contributed by atoms with Crippen LogP contribution in [0.15, 0.2) is 58.9 Å². The van der Waals surface area contributed by atoms with Gasteiger partial charge in [0, 0.05) is 41.8 Å². The molecular formula is C21H21N3O4S2. The SMILES string of the molecule is COc1ncccc1CNC(=O)c1cccc(S(=O)(=O)N2CCc3sccc3C2)c1. The average Bonchev–Trinajstić information content (AvgIpc) is 3.25. The molecule has 1 amide bonds. The number of ether oxygens (including phenoxy) is 1. The Morgan fingerprint density at radius 3 is 2.97 bits per heavy atom. The number of fused-ring (bicyclic) bond motifs is 1. The monoisotopic (exact) mass is 443 g/mol. The van der Waals surface area contributed by atoms with Gasteiger partial charge in [-0.25, -0.2) is 13.4 Å². The normalized spacial score (nSPS) is 14.2. The van der Waals surface area contributed by atoms with Crippen LogP contribution in [0.5, 0.6) is 5.88 Å². The summed E-state index contributed by atoms with van der Waals surface area (Å²) in [4.78, 5) is 18.1. The number of carbonyl (C=O) groups excluding carboxylic acids is 1. The van der Waals surface area contributed by atoms with Gasteiger partial charge in [0.05, 0.1) is 12.0 Å². The number of amides is 1. The van der Waals surface area contributed by atoms with Crippen LogP contribution >= 0.6 is 11.3 Å². The van der Waals surface area contributed by atoms with Crippen molar-refractivity contribution in [2.24, 2.45) is 0 Å². The first kappa shape index (κ1) is 20.5. The Labute approximate surface area is 179 Å². The number of benzene rings is 1. The maximum atomic E-state index is 13.1. The van der Waals surface area contributed by atoms with Crippen LogP contribution < -0.4 is 10.1 Å². The second kappa shape index (κ2) is 8.55. The highest BCUT2D eigenvalue weighted by Crippen LogP contribution is 2.28. The Bertz CT molecular complexity index is 1170. The van der Waals surface area contributed by atoms with Gasteiger partial charge >= 0.3 is 0 Å². The molecule has 3 aromatic rings. The standard InChI is InChI=1S/C21H21N3O4S2/c1-28-21-16(5-3-9-22-21)13-23-20(25)15-4-2-6-18(12-15)30(26,27)24-10-7-19-17(14-24)8-11-29-19/h2-6,8-9,11-12H,7,10,13-14H2,1H3,(H,23,25). The van der Waals surface area contributed by atoms with Crippen molar-refractivity contribution in [3.63, 3.8) is 0 Å². The summed E-state index contributed by atoms with van der Waals surface area (Å²) in [5, 5.41) is 4.78. The highest BCUT2D eigenvalue weighted by Gasteiger charge is 2.29. The van der Waals surface area contributed by atoms with Gasteiger partial charge in [-0.3, -0.25) is 4.79 Å². The Morgan fingerprint density at radius 1 is 1.27 bits per heavy atom. The highest BCUT2D eigenvalue weighted by molar-refractivity contribution is 7.89. The second-order valence-corrected chi connectivity index (χ2v) is 9.78. The van der Waals surface area contributed by atoms with Gasteiger partial charge in [-0.1, -0.05) is 12.1 Å². The Morgan fingerprint density at radius 2 is 2.13 bits per heavy atom. The topological polar surface area (TPSA) is 88.6 Å². The molecule has 0 fully saturated rings. The Kier molecular flexibility index (Phi) is 5.85. The summed E-state index contributed by atoms with van der Waals surface area (Å²) in [5.74, 6) is 0.0729. The van der Waals surface area contributed by atoms with E-state index in [2.05, 4.69) is 10.3 Å². The minimum absolute atomic E-state index is 0.118. The summed E-state index contributed by atoms with van der Waals surface area (Å²) in [6, 6.07) is 11.7. The zero-order chi connectivity index (χ0) is 21.1. The number of carbonyl (C=O) groups is 1. The van der Waals surface area contributed by atoms with E-state index in [0.29, 0.717) is 25.4 Å². The fourth-order valence-electron chi connectivity index (χ4n) is 3.39. The van der Waals surface area contributed by atoms with Crippen LogP contribution in [-0.4, -0.2) is 37.3 Å². The molecule has 1 aliphatic rings. The van der Waals surface area contributed by atoms with Crippen molar-refractivity contribution in [1.82, 2.24) is 14.6 Å². The quantitative estimate of drug-likeness (QED) is 0.633. The molecule has 0 atom stereocenters. The van der Waals surface area contributed by atoms with E-state index in [1.807, 2.05) is 17.5 Å². The maximum Gasteiger partial charge on any atom is 0.251 e. The van der Waals surface area contributed by atoms with Crippen molar-refractivity contribution in [1.29, 1.82) is 0 Å². The van der Waals surface area contributed by atoms with Crippen LogP contribution in [0.2, 0.25) is 0 Å². The average molecular weight is 444 g/mol. The molecule has 0 spiro atoms. The molecule has 4 rings (SSSR count). The van der Waals surface area contributed by atoms with Gasteiger partial charge in [0.25, 0.3) is 5.91 Å². The van der Waals surface area contributed by atoms with Gasteiger partial charge in [-0.2, -0.15) is 4.31 Å². The maximum absolute atomic E-state index is 13.1. The van der Waals surface area contributed by atoms with E-state index < -0.39 is 10.0 Å². The Hall–Kier alpha value is -2.75. The predicted octanol–water partition coefficient (Wildman–Crippen LogP) is 2.83. The molecule has 0 radical (unpaired) electrons. The van der Waals surface area contributed by atoms with Crippen molar-refractivity contribution in [2.45, 2.75) is 24.4 Å². The van der Waals surface area contributed by atoms with Gasteiger partial charge in [-0.15, -0.1) is 11.3 Å². The van der Waals surface area contributed by atoms with Crippen molar-refractivity contribution >= 4 is 27.3 Å². The van der Waals surface area contributed by atoms with E-state index in [1.54, 1.807) is 35.7 Å². The third kappa shape index (κ3) is 4.09. The summed E-state index contributed by atoms with van der Waals surface area (Å²) >= 11 is 1.66. The third-order valence-corrected chi connectivity index (χ3v) is 7.85. The lowest BCUT2D eigenvalue weighted by Gasteiger charge is -2.26. The van der Waals surface area contributed by atoms with Gasteiger partial charge < -0.3 is 10.1 Å². The van der Waals surface area contributed by atoms with E-state index in [9.17, 15) is 13.2 Å². The molecule has 0 saturated heterocycles. The highest BCUT2D eigenvalue weighted by atomic mass is 32.2. The number of methoxy groups -OCH3 is 1. The molecule has 3 heterocycles. The number of pyridine rings is 1. The van der Waals surface area contributed by atoms with Crippen molar-refractivity contribution < 1.29 is 17.9 Å². The van der Waals surface area contributed by atoms with Crippen molar-refractivity contribution in [3.8, 4) is 5.88 Å². The number of sulfonamides is 1. The number of nitrogens with one attached hydrogen (secondary N) is 1. The fraction of sp³-hybridized carbons (Fsp3) is 0.238. The van der Waals surface area contributed by atoms with Crippen LogP contribution in [0.3, 0.4) is 0 Å². The van der Waals surface area contributed by atoms with Crippen LogP contribution in [0.25, 0.3) is 0 Å². The summed E-state index contributed by atoms with van der Waals surface area (Å²) in [6.45, 7) is 1.02. The minimum Gasteiger partial charge on any atom is -0.481 e. The molecule has 1 aliphatic heterocycles. The minimum atomic E-state index is -3.69. The van der Waals surface area contributed by atoms with E-state index >= 15 is 0 Å². The second-order valence-electron chi connectivity index (χ2n) is 6.84. The van der Waals surface area contributed by atoms with Gasteiger partial charge in [0.1, 0.15) is 0 Å². The Balaban J connectivity index is 1.50. The third-order valence-electron chi connectivity index (χ3n) is 4.99. The number of aromatic nitrogens is 1. The van der Waals surface area contributed by atoms with Gasteiger partial charge in [-0.05, 0) is 47.7 Å². The predicted molar refractivity (Wildman–Crippen MR) is 114 cm³/mol. The molecule has 1 N–H and O–H groups in total. The smallest absolute Gasteiger partial charge is 0.251 e. The number of hydrogen-bond acceptors (Lipinski definition) is 6. The van der Waals surface area contributed by atoms with E-state index in [-0.39, 0.29) is 22.9 Å². The molecule has 7 nitrogen and oxygen atoms in total. The van der Waals surface area contributed by atoms with Crippen molar-refractivity contribution in [2.75, 3.05) is 13.7 Å². The fourth-order valence-corrected chi connectivity index (χ4v) is 5.75. The van der Waals surface area contributed by atoms with Crippen LogP contribution in [-0.2, 0) is 29.5 Å². The van der Waals surface area contributed by atoms with Gasteiger partial charge in [0.2, 0.25) is 15.9 Å². The molecule has 0 saturated carbocycles. The zero-order valence-electron chi connectivity index (χ0n) is 16.4. The zero-order valence-corrected chi connectivity index (χ0v) is 18.0. The molecule has 0 aliphatic carbocycles. The van der Waals surface area contributed by atoms with E-state index in [4.69, 9.17) is 4.74 Å². The summed E-state index contributed by atoms with van der Waals surface area (Å²) in [5.41, 5.74) is 2.07.